The second-order valence-electron chi connectivity index (χ2n) is 6.87. The molecular formula is C17H22F3N3O4S. The average molecular weight is 421 g/mol. The number of sulfonamides is 1. The fourth-order valence-electron chi connectivity index (χ4n) is 3.54. The Morgan fingerprint density at radius 2 is 1.82 bits per heavy atom. The first-order valence-electron chi connectivity index (χ1n) is 8.87. The quantitative estimate of drug-likeness (QED) is 0.734. The Hall–Kier alpha value is -1.85. The van der Waals surface area contributed by atoms with Gasteiger partial charge in [-0.25, -0.2) is 13.2 Å². The van der Waals surface area contributed by atoms with E-state index in [-0.39, 0.29) is 12.6 Å². The van der Waals surface area contributed by atoms with Gasteiger partial charge >= 0.3 is 12.2 Å². The molecule has 11 heteroatoms. The topological polar surface area (TPSA) is 70.2 Å². The molecule has 2 saturated heterocycles. The number of hydrogen-bond acceptors (Lipinski definition) is 4. The van der Waals surface area contributed by atoms with Gasteiger partial charge in [0, 0.05) is 25.7 Å². The lowest BCUT2D eigenvalue weighted by Gasteiger charge is -2.35. The highest BCUT2D eigenvalue weighted by Crippen LogP contribution is 2.33. The zero-order chi connectivity index (χ0) is 20.7. The van der Waals surface area contributed by atoms with Crippen molar-refractivity contribution in [1.82, 2.24) is 14.1 Å². The molecule has 2 aliphatic heterocycles. The van der Waals surface area contributed by atoms with Gasteiger partial charge in [0.25, 0.3) is 0 Å². The number of amides is 2. The van der Waals surface area contributed by atoms with E-state index in [2.05, 4.69) is 0 Å². The monoisotopic (exact) mass is 421 g/mol. The van der Waals surface area contributed by atoms with Crippen LogP contribution in [0, 0.1) is 0 Å². The normalized spacial score (nSPS) is 24.6. The van der Waals surface area contributed by atoms with Crippen molar-refractivity contribution in [2.45, 2.75) is 37.1 Å². The van der Waals surface area contributed by atoms with Gasteiger partial charge in [-0.05, 0) is 32.0 Å². The van der Waals surface area contributed by atoms with Gasteiger partial charge in [-0.1, -0.05) is 6.07 Å². The van der Waals surface area contributed by atoms with Gasteiger partial charge in [0.2, 0.25) is 10.0 Å². The minimum atomic E-state index is -4.65. The predicted molar refractivity (Wildman–Crippen MR) is 93.9 cm³/mol. The lowest BCUT2D eigenvalue weighted by atomic mass is 10.2. The van der Waals surface area contributed by atoms with E-state index in [1.54, 1.807) is 18.7 Å². The van der Waals surface area contributed by atoms with Gasteiger partial charge in [0.15, 0.2) is 0 Å². The van der Waals surface area contributed by atoms with Crippen molar-refractivity contribution in [1.29, 1.82) is 0 Å². The standard InChI is InChI=1S/C17H22F3N3O4S/c1-12-11-22(13(2)23(12)16(24)21-6-8-27-9-7-21)28(25,26)15-5-3-4-14(10-15)17(18,19)20/h3-5,10,12-13H,6-9,11H2,1-2H3/t12-,13+/m1/s1. The van der Waals surface area contributed by atoms with Crippen LogP contribution in [0.1, 0.15) is 19.4 Å². The Labute approximate surface area is 161 Å². The minimum Gasteiger partial charge on any atom is -0.378 e. The largest absolute Gasteiger partial charge is 0.416 e. The molecule has 1 aromatic rings. The van der Waals surface area contributed by atoms with Crippen molar-refractivity contribution < 1.29 is 31.1 Å². The van der Waals surface area contributed by atoms with E-state index in [9.17, 15) is 26.4 Å². The highest BCUT2D eigenvalue weighted by atomic mass is 32.2. The molecule has 2 heterocycles. The van der Waals surface area contributed by atoms with E-state index in [0.29, 0.717) is 32.4 Å². The SMILES string of the molecule is C[C@@H]1CN(S(=O)(=O)c2cccc(C(F)(F)F)c2)[C@H](C)N1C(=O)N1CCOCC1. The summed E-state index contributed by atoms with van der Waals surface area (Å²) >= 11 is 0. The molecule has 7 nitrogen and oxygen atoms in total. The molecule has 2 atom stereocenters. The number of rotatable bonds is 2. The van der Waals surface area contributed by atoms with Gasteiger partial charge in [0.1, 0.15) is 0 Å². The zero-order valence-electron chi connectivity index (χ0n) is 15.5. The van der Waals surface area contributed by atoms with Gasteiger partial charge in [-0.2, -0.15) is 17.5 Å². The van der Waals surface area contributed by atoms with Crippen LogP contribution in [0.15, 0.2) is 29.2 Å². The molecule has 2 amide bonds. The highest BCUT2D eigenvalue weighted by Gasteiger charge is 2.45. The van der Waals surface area contributed by atoms with Crippen LogP contribution >= 0.6 is 0 Å². The van der Waals surface area contributed by atoms with E-state index < -0.39 is 38.9 Å². The van der Waals surface area contributed by atoms with Crippen LogP contribution in [-0.4, -0.2) is 73.6 Å². The van der Waals surface area contributed by atoms with Crippen LogP contribution in [0.5, 0.6) is 0 Å². The molecular weight excluding hydrogens is 399 g/mol. The number of urea groups is 1. The lowest BCUT2D eigenvalue weighted by Crippen LogP contribution is -2.52. The van der Waals surface area contributed by atoms with E-state index in [1.165, 1.54) is 4.90 Å². The van der Waals surface area contributed by atoms with Crippen LogP contribution in [0.3, 0.4) is 0 Å². The molecule has 3 rings (SSSR count). The highest BCUT2D eigenvalue weighted by molar-refractivity contribution is 7.89. The summed E-state index contributed by atoms with van der Waals surface area (Å²) in [6.07, 6.45) is -5.46. The second-order valence-corrected chi connectivity index (χ2v) is 8.76. The average Bonchev–Trinajstić information content (AvgIpc) is 2.96. The van der Waals surface area contributed by atoms with Crippen molar-refractivity contribution in [3.05, 3.63) is 29.8 Å². The van der Waals surface area contributed by atoms with E-state index in [0.717, 1.165) is 22.5 Å². The second kappa shape index (κ2) is 7.53. The first-order valence-corrected chi connectivity index (χ1v) is 10.3. The number of hydrogen-bond donors (Lipinski definition) is 0. The molecule has 156 valence electrons. The summed E-state index contributed by atoms with van der Waals surface area (Å²) in [7, 11) is -4.20. The van der Waals surface area contributed by atoms with Crippen molar-refractivity contribution in [3.63, 3.8) is 0 Å². The molecule has 2 aliphatic rings. The van der Waals surface area contributed by atoms with Crippen LogP contribution in [-0.2, 0) is 20.9 Å². The number of nitrogens with zero attached hydrogens (tertiary/aromatic N) is 3. The van der Waals surface area contributed by atoms with Gasteiger partial charge in [0.05, 0.1) is 29.8 Å². The van der Waals surface area contributed by atoms with Crippen molar-refractivity contribution in [2.24, 2.45) is 0 Å². The lowest BCUT2D eigenvalue weighted by molar-refractivity contribution is -0.137. The molecule has 0 saturated carbocycles. The molecule has 0 radical (unpaired) electrons. The van der Waals surface area contributed by atoms with E-state index in [4.69, 9.17) is 4.74 Å². The summed E-state index contributed by atoms with van der Waals surface area (Å²) in [5, 5.41) is 0. The Bertz CT molecular complexity index is 840. The number of carbonyl (C=O) groups is 1. The maximum absolute atomic E-state index is 13.0. The smallest absolute Gasteiger partial charge is 0.378 e. The van der Waals surface area contributed by atoms with Gasteiger partial charge < -0.3 is 14.5 Å². The third-order valence-electron chi connectivity index (χ3n) is 5.01. The Kier molecular flexibility index (Phi) is 5.61. The summed E-state index contributed by atoms with van der Waals surface area (Å²) in [5.74, 6) is 0. The van der Waals surface area contributed by atoms with Gasteiger partial charge in [-0.15, -0.1) is 0 Å². The summed E-state index contributed by atoms with van der Waals surface area (Å²) in [6, 6.07) is 2.93. The maximum Gasteiger partial charge on any atom is 0.416 e. The molecule has 0 bridgehead atoms. The first-order chi connectivity index (χ1) is 13.0. The minimum absolute atomic E-state index is 0.00975. The zero-order valence-corrected chi connectivity index (χ0v) is 16.3. The molecule has 0 unspecified atom stereocenters. The first kappa shape index (κ1) is 20.9. The number of ether oxygens (including phenoxy) is 1. The number of alkyl halides is 3. The van der Waals surface area contributed by atoms with E-state index in [1.807, 2.05) is 0 Å². The number of halogens is 3. The molecule has 0 spiro atoms. The summed E-state index contributed by atoms with van der Waals surface area (Å²) in [5.41, 5.74) is -1.03. The van der Waals surface area contributed by atoms with Gasteiger partial charge in [-0.3, -0.25) is 0 Å². The van der Waals surface area contributed by atoms with Crippen LogP contribution in [0.25, 0.3) is 0 Å². The third-order valence-corrected chi connectivity index (χ3v) is 6.93. The van der Waals surface area contributed by atoms with Crippen molar-refractivity contribution in [3.8, 4) is 0 Å². The van der Waals surface area contributed by atoms with Crippen LogP contribution < -0.4 is 0 Å². The van der Waals surface area contributed by atoms with E-state index >= 15 is 0 Å². The van der Waals surface area contributed by atoms with Crippen LogP contribution in [0.4, 0.5) is 18.0 Å². The maximum atomic E-state index is 13.0. The Morgan fingerprint density at radius 3 is 2.43 bits per heavy atom. The molecule has 1 aromatic carbocycles. The van der Waals surface area contributed by atoms with Crippen LogP contribution in [0.2, 0.25) is 0 Å². The fourth-order valence-corrected chi connectivity index (χ4v) is 5.25. The fraction of sp³-hybridized carbons (Fsp3) is 0.588. The summed E-state index contributed by atoms with van der Waals surface area (Å²) < 4.78 is 71.2. The molecule has 0 aliphatic carbocycles. The molecule has 0 N–H and O–H groups in total. The number of morpholine rings is 1. The summed E-state index contributed by atoms with van der Waals surface area (Å²) in [6.45, 7) is 4.94. The predicted octanol–water partition coefficient (Wildman–Crippen LogP) is 2.20. The van der Waals surface area contributed by atoms with Crippen molar-refractivity contribution in [2.75, 3.05) is 32.8 Å². The number of benzene rings is 1. The molecule has 28 heavy (non-hydrogen) atoms. The van der Waals surface area contributed by atoms with Crippen molar-refractivity contribution >= 4 is 16.1 Å². The number of carbonyl (C=O) groups excluding carboxylic acids is 1. The third kappa shape index (κ3) is 3.83. The Balaban J connectivity index is 1.86. The summed E-state index contributed by atoms with van der Waals surface area (Å²) in [4.78, 5) is 15.4. The molecule has 2 fully saturated rings. The Morgan fingerprint density at radius 1 is 1.18 bits per heavy atom. The molecule has 0 aromatic heterocycles.